The first-order valence-corrected chi connectivity index (χ1v) is 9.06. The number of hydrogen-bond acceptors (Lipinski definition) is 6. The van der Waals surface area contributed by atoms with E-state index in [0.717, 1.165) is 24.8 Å². The number of halogens is 1. The highest BCUT2D eigenvalue weighted by Gasteiger charge is 2.38. The zero-order chi connectivity index (χ0) is 16.5. The molecule has 7 nitrogen and oxygen atoms in total. The first-order valence-electron chi connectivity index (χ1n) is 7.57. The molecule has 1 saturated carbocycles. The molecule has 3 rings (SSSR count). The van der Waals surface area contributed by atoms with Crippen LogP contribution in [0.15, 0.2) is 33.7 Å². The Bertz CT molecular complexity index is 785. The summed E-state index contributed by atoms with van der Waals surface area (Å²) in [7, 11) is -3.53. The van der Waals surface area contributed by atoms with Gasteiger partial charge in [-0.1, -0.05) is 22.9 Å². The van der Waals surface area contributed by atoms with Gasteiger partial charge >= 0.3 is 0 Å². The Balaban J connectivity index is 0.00000208. The molecule has 0 unspecified atom stereocenters. The minimum absolute atomic E-state index is 0. The molecule has 24 heavy (non-hydrogen) atoms. The van der Waals surface area contributed by atoms with Gasteiger partial charge < -0.3 is 10.3 Å². The molecule has 1 aliphatic carbocycles. The van der Waals surface area contributed by atoms with Crippen molar-refractivity contribution >= 4 is 22.4 Å². The highest BCUT2D eigenvalue weighted by atomic mass is 35.5. The second-order valence-electron chi connectivity index (χ2n) is 5.98. The molecule has 2 aromatic rings. The molecule has 3 N–H and O–H groups in total. The number of sulfonamides is 1. The summed E-state index contributed by atoms with van der Waals surface area (Å²) in [5.41, 5.74) is 6.67. The van der Waals surface area contributed by atoms with Gasteiger partial charge in [0.15, 0.2) is 5.82 Å². The van der Waals surface area contributed by atoms with E-state index in [1.165, 1.54) is 0 Å². The van der Waals surface area contributed by atoms with E-state index in [9.17, 15) is 8.42 Å². The smallest absolute Gasteiger partial charge is 0.240 e. The number of nitrogens with two attached hydrogens (primary N) is 1. The summed E-state index contributed by atoms with van der Waals surface area (Å²) < 4.78 is 32.0. The first-order chi connectivity index (χ1) is 10.9. The lowest BCUT2D eigenvalue weighted by Crippen LogP contribution is -2.44. The van der Waals surface area contributed by atoms with Gasteiger partial charge in [-0.15, -0.1) is 12.4 Å². The zero-order valence-electron chi connectivity index (χ0n) is 13.4. The lowest BCUT2D eigenvalue weighted by Gasteiger charge is -2.34. The molecule has 0 radical (unpaired) electrons. The van der Waals surface area contributed by atoms with Crippen LogP contribution in [0, 0.1) is 6.92 Å². The molecule has 0 atom stereocenters. The molecule has 1 heterocycles. The summed E-state index contributed by atoms with van der Waals surface area (Å²) in [6.07, 6.45) is 3.10. The van der Waals surface area contributed by atoms with Gasteiger partial charge in [0.25, 0.3) is 0 Å². The van der Waals surface area contributed by atoms with Crippen LogP contribution in [0.4, 0.5) is 0 Å². The first kappa shape index (κ1) is 18.9. The maximum atomic E-state index is 12.2. The summed E-state index contributed by atoms with van der Waals surface area (Å²) in [4.78, 5) is 4.51. The van der Waals surface area contributed by atoms with Crippen LogP contribution in [0.25, 0.3) is 0 Å². The number of rotatable bonds is 6. The Labute approximate surface area is 147 Å². The van der Waals surface area contributed by atoms with Crippen molar-refractivity contribution in [1.82, 2.24) is 14.9 Å². The third-order valence-electron chi connectivity index (χ3n) is 4.12. The van der Waals surface area contributed by atoms with Gasteiger partial charge in [0, 0.05) is 13.0 Å². The van der Waals surface area contributed by atoms with Crippen molar-refractivity contribution in [2.45, 2.75) is 43.0 Å². The van der Waals surface area contributed by atoms with Gasteiger partial charge in [-0.05, 0) is 38.3 Å². The fourth-order valence-electron chi connectivity index (χ4n) is 2.43. The van der Waals surface area contributed by atoms with Crippen LogP contribution >= 0.6 is 12.4 Å². The molecule has 9 heteroatoms. The summed E-state index contributed by atoms with van der Waals surface area (Å²) in [6.45, 7) is 2.10. The van der Waals surface area contributed by atoms with Gasteiger partial charge in [-0.2, -0.15) is 4.98 Å². The Morgan fingerprint density at radius 3 is 2.54 bits per heavy atom. The number of benzene rings is 1. The average Bonchev–Trinajstić information content (AvgIpc) is 2.94. The van der Waals surface area contributed by atoms with Gasteiger partial charge in [-0.3, -0.25) is 0 Å². The number of nitrogens with one attached hydrogen (secondary N) is 1. The van der Waals surface area contributed by atoms with Crippen molar-refractivity contribution in [2.75, 3.05) is 6.54 Å². The van der Waals surface area contributed by atoms with Gasteiger partial charge in [0.05, 0.1) is 10.4 Å². The maximum Gasteiger partial charge on any atom is 0.240 e. The minimum atomic E-state index is -3.53. The van der Waals surface area contributed by atoms with Crippen LogP contribution in [0.1, 0.15) is 36.5 Å². The number of aryl methyl sites for hydroxylation is 1. The fraction of sp³-hybridized carbons (Fsp3) is 0.467. The van der Waals surface area contributed by atoms with E-state index in [1.807, 2.05) is 6.92 Å². The zero-order valence-corrected chi connectivity index (χ0v) is 15.0. The predicted molar refractivity (Wildman–Crippen MR) is 91.3 cm³/mol. The number of hydrogen-bond donors (Lipinski definition) is 2. The van der Waals surface area contributed by atoms with E-state index in [1.54, 1.807) is 24.3 Å². The Morgan fingerprint density at radius 1 is 1.29 bits per heavy atom. The molecule has 1 aliphatic rings. The second kappa shape index (κ2) is 7.18. The highest BCUT2D eigenvalue weighted by Crippen LogP contribution is 2.36. The standard InChI is InChI=1S/C15H20N4O3S.ClH/c1-11-3-5-12(6-4-11)23(20,21)17-10-7-13-18-14(19-22-13)15(16)8-2-9-15;/h3-6,17H,2,7-10,16H2,1H3;1H. The Kier molecular flexibility index (Phi) is 5.64. The molecular weight excluding hydrogens is 352 g/mol. The van der Waals surface area contributed by atoms with E-state index >= 15 is 0 Å². The van der Waals surface area contributed by atoms with Crippen LogP contribution in [0.5, 0.6) is 0 Å². The van der Waals surface area contributed by atoms with Crippen LogP contribution in [0.3, 0.4) is 0 Å². The van der Waals surface area contributed by atoms with Crippen LogP contribution in [-0.2, 0) is 22.0 Å². The van der Waals surface area contributed by atoms with Crippen molar-refractivity contribution < 1.29 is 12.9 Å². The molecule has 0 bridgehead atoms. The monoisotopic (exact) mass is 372 g/mol. The molecule has 1 aromatic heterocycles. The molecule has 0 spiro atoms. The predicted octanol–water partition coefficient (Wildman–Crippen LogP) is 1.66. The van der Waals surface area contributed by atoms with Crippen LogP contribution in [0.2, 0.25) is 0 Å². The maximum absolute atomic E-state index is 12.2. The lowest BCUT2D eigenvalue weighted by molar-refractivity contribution is 0.229. The van der Waals surface area contributed by atoms with Crippen molar-refractivity contribution in [3.8, 4) is 0 Å². The third kappa shape index (κ3) is 3.94. The molecule has 0 amide bonds. The van der Waals surface area contributed by atoms with Crippen molar-refractivity contribution in [3.05, 3.63) is 41.5 Å². The lowest BCUT2D eigenvalue weighted by atomic mass is 9.77. The Hall–Kier alpha value is -1.48. The van der Waals surface area contributed by atoms with Crippen molar-refractivity contribution in [3.63, 3.8) is 0 Å². The third-order valence-corrected chi connectivity index (χ3v) is 5.60. The van der Waals surface area contributed by atoms with Gasteiger partial charge in [0.1, 0.15) is 0 Å². The fourth-order valence-corrected chi connectivity index (χ4v) is 3.46. The molecule has 132 valence electrons. The topological polar surface area (TPSA) is 111 Å². The normalized spacial score (nSPS) is 16.2. The summed E-state index contributed by atoms with van der Waals surface area (Å²) in [5, 5.41) is 3.90. The quantitative estimate of drug-likeness (QED) is 0.797. The molecule has 0 aliphatic heterocycles. The number of aromatic nitrogens is 2. The molecule has 0 saturated heterocycles. The molecular formula is C15H21ClN4O3S. The van der Waals surface area contributed by atoms with Gasteiger partial charge in [-0.25, -0.2) is 13.1 Å². The SMILES string of the molecule is Cc1ccc(S(=O)(=O)NCCc2nc(C3(N)CCC3)no2)cc1.Cl. The van der Waals surface area contributed by atoms with Crippen LogP contribution < -0.4 is 10.5 Å². The van der Waals surface area contributed by atoms with Gasteiger partial charge in [0.2, 0.25) is 15.9 Å². The minimum Gasteiger partial charge on any atom is -0.339 e. The van der Waals surface area contributed by atoms with E-state index in [2.05, 4.69) is 14.9 Å². The summed E-state index contributed by atoms with van der Waals surface area (Å²) in [6, 6.07) is 6.69. The largest absolute Gasteiger partial charge is 0.339 e. The van der Waals surface area contributed by atoms with E-state index in [4.69, 9.17) is 10.3 Å². The van der Waals surface area contributed by atoms with E-state index < -0.39 is 15.6 Å². The second-order valence-corrected chi connectivity index (χ2v) is 7.75. The summed E-state index contributed by atoms with van der Waals surface area (Å²) >= 11 is 0. The number of nitrogens with zero attached hydrogens (tertiary/aromatic N) is 2. The van der Waals surface area contributed by atoms with Crippen molar-refractivity contribution in [2.24, 2.45) is 5.73 Å². The molecule has 1 fully saturated rings. The van der Waals surface area contributed by atoms with E-state index in [0.29, 0.717) is 18.1 Å². The Morgan fingerprint density at radius 2 is 1.96 bits per heavy atom. The average molecular weight is 373 g/mol. The van der Waals surface area contributed by atoms with Crippen molar-refractivity contribution in [1.29, 1.82) is 0 Å². The van der Waals surface area contributed by atoms with Crippen LogP contribution in [-0.4, -0.2) is 25.1 Å². The highest BCUT2D eigenvalue weighted by molar-refractivity contribution is 7.89. The summed E-state index contributed by atoms with van der Waals surface area (Å²) in [5.74, 6) is 0.906. The molecule has 1 aromatic carbocycles. The van der Waals surface area contributed by atoms with E-state index in [-0.39, 0.29) is 23.8 Å².